The van der Waals surface area contributed by atoms with Gasteiger partial charge in [-0.15, -0.1) is 11.3 Å². The molecule has 0 saturated carbocycles. The van der Waals surface area contributed by atoms with Crippen LogP contribution in [0, 0.1) is 6.92 Å². The van der Waals surface area contributed by atoms with Crippen LogP contribution >= 0.6 is 11.3 Å². The van der Waals surface area contributed by atoms with E-state index in [1.54, 1.807) is 11.3 Å². The van der Waals surface area contributed by atoms with Crippen molar-refractivity contribution in [2.45, 2.75) is 39.3 Å². The van der Waals surface area contributed by atoms with Crippen molar-refractivity contribution in [2.24, 2.45) is 0 Å². The topological polar surface area (TPSA) is 21.1 Å². The summed E-state index contributed by atoms with van der Waals surface area (Å²) >= 11 is 1.92. The molecule has 1 atom stereocenters. The molecule has 0 spiro atoms. The van der Waals surface area contributed by atoms with E-state index in [4.69, 9.17) is 0 Å². The monoisotopic (exact) mass is 325 g/mol. The lowest BCUT2D eigenvalue weighted by Crippen LogP contribution is -2.30. The summed E-state index contributed by atoms with van der Waals surface area (Å²) in [5, 5.41) is 2.31. The van der Waals surface area contributed by atoms with Gasteiger partial charge in [-0.3, -0.25) is 4.98 Å². The third kappa shape index (κ3) is 2.50. The summed E-state index contributed by atoms with van der Waals surface area (Å²) in [4.78, 5) is 6.70. The summed E-state index contributed by atoms with van der Waals surface area (Å²) in [6.45, 7) is 7.89. The highest BCUT2D eigenvalue weighted by Crippen LogP contribution is 2.40. The van der Waals surface area contributed by atoms with Crippen molar-refractivity contribution in [2.75, 3.05) is 13.6 Å². The minimum atomic E-state index is 0.594. The first kappa shape index (κ1) is 14.9. The molecule has 4 heteroatoms. The normalized spacial score (nSPS) is 18.5. The molecule has 0 saturated heterocycles. The molecule has 1 aliphatic rings. The SMILES string of the molecule is Cc1csc2c3c(n(CCc4cccnc4)c12)C(C)CN(C)C3. The van der Waals surface area contributed by atoms with Crippen LogP contribution in [-0.2, 0) is 19.5 Å². The number of aromatic nitrogens is 2. The average Bonchev–Trinajstić information content (AvgIpc) is 3.06. The van der Waals surface area contributed by atoms with Gasteiger partial charge in [0.1, 0.15) is 0 Å². The molecular weight excluding hydrogens is 302 g/mol. The van der Waals surface area contributed by atoms with Crippen molar-refractivity contribution in [3.05, 3.63) is 52.3 Å². The number of rotatable bonds is 3. The molecule has 3 aromatic rings. The van der Waals surface area contributed by atoms with Gasteiger partial charge in [-0.25, -0.2) is 0 Å². The van der Waals surface area contributed by atoms with Crippen LogP contribution in [-0.4, -0.2) is 28.0 Å². The number of thiophene rings is 1. The minimum absolute atomic E-state index is 0.594. The Hall–Kier alpha value is -1.65. The number of pyridine rings is 1. The highest BCUT2D eigenvalue weighted by atomic mass is 32.1. The molecule has 120 valence electrons. The smallest absolute Gasteiger partial charge is 0.0625 e. The van der Waals surface area contributed by atoms with Crippen molar-refractivity contribution < 1.29 is 0 Å². The first-order valence-electron chi connectivity index (χ1n) is 8.31. The Balaban J connectivity index is 1.79. The van der Waals surface area contributed by atoms with E-state index < -0.39 is 0 Å². The van der Waals surface area contributed by atoms with Crippen LogP contribution in [0.4, 0.5) is 0 Å². The van der Waals surface area contributed by atoms with Crippen molar-refractivity contribution in [1.29, 1.82) is 0 Å². The van der Waals surface area contributed by atoms with Gasteiger partial charge < -0.3 is 9.47 Å². The number of aryl methyl sites for hydroxylation is 3. The molecular formula is C19H23N3S. The molecule has 1 aliphatic heterocycles. The van der Waals surface area contributed by atoms with E-state index in [0.29, 0.717) is 5.92 Å². The molecule has 0 bridgehead atoms. The molecule has 0 aliphatic carbocycles. The maximum Gasteiger partial charge on any atom is 0.0625 e. The fourth-order valence-corrected chi connectivity index (χ4v) is 5.11. The maximum atomic E-state index is 4.25. The molecule has 0 aromatic carbocycles. The summed E-state index contributed by atoms with van der Waals surface area (Å²) in [7, 11) is 2.23. The first-order chi connectivity index (χ1) is 11.1. The van der Waals surface area contributed by atoms with Gasteiger partial charge in [-0.1, -0.05) is 13.0 Å². The van der Waals surface area contributed by atoms with Crippen LogP contribution in [0.1, 0.15) is 35.2 Å². The zero-order chi connectivity index (χ0) is 16.0. The summed E-state index contributed by atoms with van der Waals surface area (Å²) < 4.78 is 4.10. The highest BCUT2D eigenvalue weighted by molar-refractivity contribution is 7.17. The van der Waals surface area contributed by atoms with E-state index >= 15 is 0 Å². The fraction of sp³-hybridized carbons (Fsp3) is 0.421. The Morgan fingerprint density at radius 2 is 2.26 bits per heavy atom. The Bertz CT molecular complexity index is 831. The quantitative estimate of drug-likeness (QED) is 0.720. The van der Waals surface area contributed by atoms with E-state index in [1.165, 1.54) is 21.3 Å². The summed E-state index contributed by atoms with van der Waals surface area (Å²) in [5.41, 5.74) is 7.32. The molecule has 3 nitrogen and oxygen atoms in total. The third-order valence-corrected chi connectivity index (χ3v) is 6.06. The summed E-state index contributed by atoms with van der Waals surface area (Å²) in [5.74, 6) is 0.594. The van der Waals surface area contributed by atoms with Crippen molar-refractivity contribution in [1.82, 2.24) is 14.5 Å². The lowest BCUT2D eigenvalue weighted by molar-refractivity contribution is 0.283. The zero-order valence-corrected chi connectivity index (χ0v) is 14.9. The zero-order valence-electron chi connectivity index (χ0n) is 14.0. The highest BCUT2D eigenvalue weighted by Gasteiger charge is 2.28. The number of hydrogen-bond acceptors (Lipinski definition) is 3. The summed E-state index contributed by atoms with van der Waals surface area (Å²) in [6.07, 6.45) is 4.88. The van der Waals surface area contributed by atoms with Crippen molar-refractivity contribution in [3.8, 4) is 0 Å². The van der Waals surface area contributed by atoms with E-state index in [-0.39, 0.29) is 0 Å². The van der Waals surface area contributed by atoms with Gasteiger partial charge in [-0.2, -0.15) is 0 Å². The van der Waals surface area contributed by atoms with Gasteiger partial charge in [-0.05, 0) is 43.0 Å². The minimum Gasteiger partial charge on any atom is -0.343 e. The average molecular weight is 325 g/mol. The van der Waals surface area contributed by atoms with Crippen LogP contribution in [0.15, 0.2) is 29.9 Å². The molecule has 0 N–H and O–H groups in total. The van der Waals surface area contributed by atoms with Gasteiger partial charge in [0.05, 0.1) is 10.2 Å². The molecule has 3 aromatic heterocycles. The van der Waals surface area contributed by atoms with Crippen molar-refractivity contribution >= 4 is 21.6 Å². The first-order valence-corrected chi connectivity index (χ1v) is 9.19. The van der Waals surface area contributed by atoms with Gasteiger partial charge in [0.2, 0.25) is 0 Å². The lowest BCUT2D eigenvalue weighted by Gasteiger charge is -2.29. The van der Waals surface area contributed by atoms with Crippen LogP contribution in [0.3, 0.4) is 0 Å². The van der Waals surface area contributed by atoms with Gasteiger partial charge in [0.25, 0.3) is 0 Å². The van der Waals surface area contributed by atoms with Crippen molar-refractivity contribution in [3.63, 3.8) is 0 Å². The van der Waals surface area contributed by atoms with Crippen LogP contribution in [0.25, 0.3) is 10.2 Å². The second-order valence-electron chi connectivity index (χ2n) is 6.82. The predicted molar refractivity (Wildman–Crippen MR) is 97.2 cm³/mol. The van der Waals surface area contributed by atoms with E-state index in [1.807, 2.05) is 29.8 Å². The molecule has 0 radical (unpaired) electrons. The number of hydrogen-bond donors (Lipinski definition) is 0. The number of likely N-dealkylation sites (N-methyl/N-ethyl adjacent to an activating group) is 1. The van der Waals surface area contributed by atoms with E-state index in [9.17, 15) is 0 Å². The fourth-order valence-electron chi connectivity index (χ4n) is 4.01. The summed E-state index contributed by atoms with van der Waals surface area (Å²) in [6, 6.07) is 4.21. The van der Waals surface area contributed by atoms with E-state index in [2.05, 4.69) is 46.8 Å². The number of fused-ring (bicyclic) bond motifs is 3. The second kappa shape index (κ2) is 5.77. The maximum absolute atomic E-state index is 4.25. The molecule has 23 heavy (non-hydrogen) atoms. The van der Waals surface area contributed by atoms with Gasteiger partial charge in [0.15, 0.2) is 0 Å². The third-order valence-electron chi connectivity index (χ3n) is 4.91. The van der Waals surface area contributed by atoms with Crippen LogP contribution < -0.4 is 0 Å². The Labute approximate surface area is 141 Å². The lowest BCUT2D eigenvalue weighted by atomic mass is 9.98. The Morgan fingerprint density at radius 1 is 1.39 bits per heavy atom. The molecule has 4 heterocycles. The van der Waals surface area contributed by atoms with Crippen LogP contribution in [0.5, 0.6) is 0 Å². The Morgan fingerprint density at radius 3 is 3.04 bits per heavy atom. The molecule has 0 fully saturated rings. The standard InChI is InChI=1S/C19H23N3S/c1-13-10-21(3)11-16-17(13)22(18-14(2)12-23-19(16)18)8-6-15-5-4-7-20-9-15/h4-5,7,9,12-13H,6,8,10-11H2,1-3H3. The molecule has 0 amide bonds. The Kier molecular flexibility index (Phi) is 3.74. The van der Waals surface area contributed by atoms with E-state index in [0.717, 1.165) is 26.1 Å². The number of nitrogens with zero attached hydrogens (tertiary/aromatic N) is 3. The van der Waals surface area contributed by atoms with Crippen LogP contribution in [0.2, 0.25) is 0 Å². The van der Waals surface area contributed by atoms with Gasteiger partial charge in [0, 0.05) is 49.2 Å². The predicted octanol–water partition coefficient (Wildman–Crippen LogP) is 4.20. The van der Waals surface area contributed by atoms with Gasteiger partial charge >= 0.3 is 0 Å². The largest absolute Gasteiger partial charge is 0.343 e. The molecule has 1 unspecified atom stereocenters. The second-order valence-corrected chi connectivity index (χ2v) is 7.70. The molecule has 4 rings (SSSR count).